The predicted octanol–water partition coefficient (Wildman–Crippen LogP) is 1.70. The van der Waals surface area contributed by atoms with Gasteiger partial charge in [0.05, 0.1) is 0 Å². The molecule has 102 valence electrons. The Hall–Kier alpha value is -1.05. The van der Waals surface area contributed by atoms with Crippen LogP contribution in [0.3, 0.4) is 0 Å². The van der Waals surface area contributed by atoms with Crippen molar-refractivity contribution in [2.24, 2.45) is 5.92 Å². The quantitative estimate of drug-likeness (QED) is 0.860. The summed E-state index contributed by atoms with van der Waals surface area (Å²) >= 11 is 7.31. The minimum Gasteiger partial charge on any atom is -0.297 e. The van der Waals surface area contributed by atoms with Gasteiger partial charge in [0.2, 0.25) is 0 Å². The Morgan fingerprint density at radius 3 is 3.16 bits per heavy atom. The summed E-state index contributed by atoms with van der Waals surface area (Å²) < 4.78 is 6.49. The van der Waals surface area contributed by atoms with Crippen LogP contribution in [0.15, 0.2) is 12.7 Å². The number of hydrogen-bond donors (Lipinski definition) is 0. The summed E-state index contributed by atoms with van der Waals surface area (Å²) in [5, 5.41) is 8.25. The largest absolute Gasteiger partial charge is 0.297 e. The van der Waals surface area contributed by atoms with Crippen LogP contribution in [-0.4, -0.2) is 42.3 Å². The second-order valence-electron chi connectivity index (χ2n) is 4.85. The molecular formula is C11H15ClN6S. The average molecular weight is 299 g/mol. The van der Waals surface area contributed by atoms with Crippen molar-refractivity contribution in [3.63, 3.8) is 0 Å². The smallest absolute Gasteiger partial charge is 0.138 e. The highest BCUT2D eigenvalue weighted by Crippen LogP contribution is 2.23. The van der Waals surface area contributed by atoms with E-state index in [0.29, 0.717) is 10.3 Å². The monoisotopic (exact) mass is 298 g/mol. The normalized spacial score (nSPS) is 20.8. The van der Waals surface area contributed by atoms with E-state index in [2.05, 4.69) is 24.6 Å². The Bertz CT molecular complexity index is 513. The molecule has 0 saturated carbocycles. The van der Waals surface area contributed by atoms with Crippen molar-refractivity contribution >= 4 is 23.1 Å². The molecule has 1 aliphatic heterocycles. The van der Waals surface area contributed by atoms with Gasteiger partial charge in [0.25, 0.3) is 0 Å². The lowest BCUT2D eigenvalue weighted by Crippen LogP contribution is -2.36. The number of nitrogens with zero attached hydrogens (tertiary/aromatic N) is 6. The standard InChI is InChI=1S/C11H15ClN6S/c12-11-10(15-16-19-11)6-17-3-1-2-9(4-17)5-18-8-13-7-14-18/h7-9H,1-6H2/t9-/m1/s1. The van der Waals surface area contributed by atoms with Crippen molar-refractivity contribution in [3.05, 3.63) is 22.7 Å². The molecule has 1 aliphatic rings. The van der Waals surface area contributed by atoms with Crippen molar-refractivity contribution in [2.75, 3.05) is 13.1 Å². The fourth-order valence-electron chi connectivity index (χ4n) is 2.54. The number of rotatable bonds is 4. The lowest BCUT2D eigenvalue weighted by atomic mass is 9.98. The zero-order valence-corrected chi connectivity index (χ0v) is 12.0. The molecule has 8 heteroatoms. The van der Waals surface area contributed by atoms with E-state index in [1.807, 2.05) is 4.68 Å². The van der Waals surface area contributed by atoms with Gasteiger partial charge in [-0.25, -0.2) is 4.98 Å². The summed E-state index contributed by atoms with van der Waals surface area (Å²) in [6.07, 6.45) is 5.80. The van der Waals surface area contributed by atoms with Gasteiger partial charge in [-0.2, -0.15) is 5.10 Å². The molecule has 2 aromatic rings. The average Bonchev–Trinajstić information content (AvgIpc) is 3.03. The second kappa shape index (κ2) is 5.94. The molecule has 2 aromatic heterocycles. The van der Waals surface area contributed by atoms with Gasteiger partial charge in [0.1, 0.15) is 22.7 Å². The number of hydrogen-bond acceptors (Lipinski definition) is 6. The number of piperidine rings is 1. The van der Waals surface area contributed by atoms with Crippen LogP contribution in [0, 0.1) is 5.92 Å². The topological polar surface area (TPSA) is 59.7 Å². The van der Waals surface area contributed by atoms with Crippen LogP contribution in [0.25, 0.3) is 0 Å². The van der Waals surface area contributed by atoms with E-state index < -0.39 is 0 Å². The molecule has 0 N–H and O–H groups in total. The van der Waals surface area contributed by atoms with Gasteiger partial charge in [0, 0.05) is 31.2 Å². The van der Waals surface area contributed by atoms with Gasteiger partial charge in [-0.15, -0.1) is 5.10 Å². The van der Waals surface area contributed by atoms with Gasteiger partial charge in [-0.3, -0.25) is 9.58 Å². The maximum Gasteiger partial charge on any atom is 0.138 e. The zero-order valence-electron chi connectivity index (χ0n) is 10.4. The summed E-state index contributed by atoms with van der Waals surface area (Å²) in [4.78, 5) is 6.38. The third-order valence-electron chi connectivity index (χ3n) is 3.40. The molecule has 6 nitrogen and oxygen atoms in total. The summed E-state index contributed by atoms with van der Waals surface area (Å²) in [6.45, 7) is 3.87. The summed E-state index contributed by atoms with van der Waals surface area (Å²) in [5.74, 6) is 0.612. The van der Waals surface area contributed by atoms with Crippen molar-refractivity contribution in [1.29, 1.82) is 0 Å². The minimum atomic E-state index is 0.612. The predicted molar refractivity (Wildman–Crippen MR) is 72.9 cm³/mol. The van der Waals surface area contributed by atoms with Crippen molar-refractivity contribution in [3.8, 4) is 0 Å². The van der Waals surface area contributed by atoms with E-state index in [9.17, 15) is 0 Å². The first-order chi connectivity index (χ1) is 9.31. The van der Waals surface area contributed by atoms with Crippen LogP contribution < -0.4 is 0 Å². The van der Waals surface area contributed by atoms with Crippen LogP contribution in [0.2, 0.25) is 4.34 Å². The molecule has 19 heavy (non-hydrogen) atoms. The van der Waals surface area contributed by atoms with Crippen LogP contribution in [0.1, 0.15) is 18.5 Å². The van der Waals surface area contributed by atoms with Crippen molar-refractivity contribution < 1.29 is 0 Å². The molecule has 0 amide bonds. The van der Waals surface area contributed by atoms with E-state index in [0.717, 1.165) is 31.9 Å². The molecule has 0 spiro atoms. The van der Waals surface area contributed by atoms with E-state index in [1.165, 1.54) is 24.4 Å². The third kappa shape index (κ3) is 3.29. The minimum absolute atomic E-state index is 0.612. The molecule has 0 aromatic carbocycles. The highest BCUT2D eigenvalue weighted by Gasteiger charge is 2.22. The molecule has 1 saturated heterocycles. The second-order valence-corrected chi connectivity index (χ2v) is 6.21. The zero-order chi connectivity index (χ0) is 13.1. The Kier molecular flexibility index (Phi) is 4.05. The molecule has 0 radical (unpaired) electrons. The van der Waals surface area contributed by atoms with Crippen molar-refractivity contribution in [1.82, 2.24) is 29.3 Å². The maximum atomic E-state index is 6.05. The SMILES string of the molecule is Clc1snnc1CN1CCC[C@@H](Cn2cncn2)C1. The van der Waals surface area contributed by atoms with Crippen LogP contribution in [-0.2, 0) is 13.1 Å². The lowest BCUT2D eigenvalue weighted by Gasteiger charge is -2.32. The van der Waals surface area contributed by atoms with E-state index in [4.69, 9.17) is 11.6 Å². The molecular weight excluding hydrogens is 284 g/mol. The molecule has 3 rings (SSSR count). The molecule has 0 aliphatic carbocycles. The number of halogens is 1. The summed E-state index contributed by atoms with van der Waals surface area (Å²) in [7, 11) is 0. The highest BCUT2D eigenvalue weighted by atomic mass is 35.5. The Morgan fingerprint density at radius 2 is 2.42 bits per heavy atom. The first kappa shape index (κ1) is 13.0. The Labute approximate surface area is 120 Å². The van der Waals surface area contributed by atoms with E-state index >= 15 is 0 Å². The first-order valence-electron chi connectivity index (χ1n) is 6.33. The third-order valence-corrected chi connectivity index (χ3v) is 4.38. The van der Waals surface area contributed by atoms with Crippen LogP contribution >= 0.6 is 23.1 Å². The maximum absolute atomic E-state index is 6.05. The van der Waals surface area contributed by atoms with Crippen LogP contribution in [0.4, 0.5) is 0 Å². The summed E-state index contributed by atoms with van der Waals surface area (Å²) in [6, 6.07) is 0. The van der Waals surface area contributed by atoms with Gasteiger partial charge >= 0.3 is 0 Å². The Balaban J connectivity index is 1.57. The first-order valence-corrected chi connectivity index (χ1v) is 7.48. The lowest BCUT2D eigenvalue weighted by molar-refractivity contribution is 0.152. The van der Waals surface area contributed by atoms with Gasteiger partial charge in [0.15, 0.2) is 0 Å². The van der Waals surface area contributed by atoms with Crippen LogP contribution in [0.5, 0.6) is 0 Å². The molecule has 0 unspecified atom stereocenters. The fraction of sp³-hybridized carbons (Fsp3) is 0.636. The van der Waals surface area contributed by atoms with E-state index in [1.54, 1.807) is 12.7 Å². The van der Waals surface area contributed by atoms with Gasteiger partial charge < -0.3 is 0 Å². The molecule has 1 atom stereocenters. The highest BCUT2D eigenvalue weighted by molar-refractivity contribution is 7.10. The Morgan fingerprint density at radius 1 is 1.47 bits per heavy atom. The van der Waals surface area contributed by atoms with Gasteiger partial charge in [-0.05, 0) is 25.3 Å². The number of aromatic nitrogens is 5. The molecule has 0 bridgehead atoms. The van der Waals surface area contributed by atoms with Crippen molar-refractivity contribution in [2.45, 2.75) is 25.9 Å². The molecule has 1 fully saturated rings. The summed E-state index contributed by atoms with van der Waals surface area (Å²) in [5.41, 5.74) is 0.896. The van der Waals surface area contributed by atoms with Gasteiger partial charge in [-0.1, -0.05) is 16.1 Å². The number of likely N-dealkylation sites (tertiary alicyclic amines) is 1. The molecule has 3 heterocycles. The fourth-order valence-corrected chi connectivity index (χ4v) is 3.15. The van der Waals surface area contributed by atoms with E-state index in [-0.39, 0.29) is 0 Å².